The molecule has 0 amide bonds. The molecule has 0 spiro atoms. The Labute approximate surface area is 121 Å². The predicted octanol–water partition coefficient (Wildman–Crippen LogP) is 3.47. The zero-order valence-electron chi connectivity index (χ0n) is 11.1. The Balaban J connectivity index is 2.10. The van der Waals surface area contributed by atoms with Crippen LogP contribution >= 0.6 is 0 Å². The van der Waals surface area contributed by atoms with Crippen LogP contribution in [0.5, 0.6) is 0 Å². The number of carbonyl (C=O) groups excluding carboxylic acids is 2. The minimum atomic E-state index is -0.423. The standard InChI is InChI=1S/C18H11NO2/c19-12-7-4-10(5-8-12)13-9-6-11-2-1-3-14-15(11)16(13)18(21)17(14)20/h1-9H,19H2. The predicted molar refractivity (Wildman–Crippen MR) is 82.5 cm³/mol. The molecule has 0 heterocycles. The monoisotopic (exact) mass is 273 g/mol. The van der Waals surface area contributed by atoms with Crippen molar-refractivity contribution in [3.63, 3.8) is 0 Å². The van der Waals surface area contributed by atoms with Crippen molar-refractivity contribution in [1.82, 2.24) is 0 Å². The maximum atomic E-state index is 12.4. The molecule has 1 aliphatic rings. The van der Waals surface area contributed by atoms with Crippen molar-refractivity contribution in [3.05, 3.63) is 65.7 Å². The molecule has 1 aliphatic carbocycles. The summed E-state index contributed by atoms with van der Waals surface area (Å²) in [6.07, 6.45) is 0. The summed E-state index contributed by atoms with van der Waals surface area (Å²) in [5, 5.41) is 1.68. The third-order valence-corrected chi connectivity index (χ3v) is 3.95. The second-order valence-electron chi connectivity index (χ2n) is 5.17. The molecule has 21 heavy (non-hydrogen) atoms. The molecular formula is C18H11NO2. The second-order valence-corrected chi connectivity index (χ2v) is 5.17. The van der Waals surface area contributed by atoms with Crippen LogP contribution in [0, 0.1) is 0 Å². The molecule has 0 aromatic heterocycles. The molecule has 0 saturated heterocycles. The fraction of sp³-hybridized carbons (Fsp3) is 0. The van der Waals surface area contributed by atoms with Crippen LogP contribution in [0.3, 0.4) is 0 Å². The summed E-state index contributed by atoms with van der Waals surface area (Å²) in [5.74, 6) is -0.841. The van der Waals surface area contributed by atoms with Gasteiger partial charge in [0.05, 0.1) is 0 Å². The van der Waals surface area contributed by atoms with Crippen molar-refractivity contribution in [2.75, 3.05) is 5.73 Å². The van der Waals surface area contributed by atoms with Crippen LogP contribution in [0.4, 0.5) is 5.69 Å². The fourth-order valence-electron chi connectivity index (χ4n) is 2.94. The average molecular weight is 273 g/mol. The maximum Gasteiger partial charge on any atom is 0.234 e. The van der Waals surface area contributed by atoms with E-state index in [0.717, 1.165) is 21.9 Å². The van der Waals surface area contributed by atoms with Crippen molar-refractivity contribution in [2.24, 2.45) is 0 Å². The van der Waals surface area contributed by atoms with Gasteiger partial charge in [-0.2, -0.15) is 0 Å². The molecule has 0 saturated carbocycles. The highest BCUT2D eigenvalue weighted by Crippen LogP contribution is 2.37. The van der Waals surface area contributed by atoms with Crippen molar-refractivity contribution in [2.45, 2.75) is 0 Å². The highest BCUT2D eigenvalue weighted by molar-refractivity contribution is 6.58. The molecule has 0 fully saturated rings. The number of benzene rings is 3. The van der Waals surface area contributed by atoms with Crippen molar-refractivity contribution in [1.29, 1.82) is 0 Å². The molecule has 0 bridgehead atoms. The number of hydrogen-bond donors (Lipinski definition) is 1. The molecule has 3 heteroatoms. The minimum absolute atomic E-state index is 0.418. The Kier molecular flexibility index (Phi) is 2.27. The lowest BCUT2D eigenvalue weighted by Gasteiger charge is -2.08. The highest BCUT2D eigenvalue weighted by atomic mass is 16.2. The van der Waals surface area contributed by atoms with Crippen molar-refractivity contribution in [3.8, 4) is 11.1 Å². The third-order valence-electron chi connectivity index (χ3n) is 3.95. The van der Waals surface area contributed by atoms with Crippen LogP contribution in [0.15, 0.2) is 54.6 Å². The summed E-state index contributed by atoms with van der Waals surface area (Å²) in [5.41, 5.74) is 9.06. The minimum Gasteiger partial charge on any atom is -0.399 e. The van der Waals surface area contributed by atoms with Gasteiger partial charge in [0.25, 0.3) is 0 Å². The molecule has 0 unspecified atom stereocenters. The zero-order valence-corrected chi connectivity index (χ0v) is 11.1. The van der Waals surface area contributed by atoms with Gasteiger partial charge in [-0.15, -0.1) is 0 Å². The molecule has 2 N–H and O–H groups in total. The van der Waals surface area contributed by atoms with Gasteiger partial charge >= 0.3 is 0 Å². The number of nitrogen functional groups attached to an aromatic ring is 1. The third kappa shape index (κ3) is 1.54. The van der Waals surface area contributed by atoms with Crippen LogP contribution in [-0.4, -0.2) is 11.6 Å². The smallest absolute Gasteiger partial charge is 0.234 e. The number of rotatable bonds is 1. The molecule has 4 rings (SSSR count). The zero-order chi connectivity index (χ0) is 14.6. The maximum absolute atomic E-state index is 12.4. The largest absolute Gasteiger partial charge is 0.399 e. The summed E-state index contributed by atoms with van der Waals surface area (Å²) in [6.45, 7) is 0. The van der Waals surface area contributed by atoms with E-state index in [0.29, 0.717) is 16.8 Å². The van der Waals surface area contributed by atoms with Gasteiger partial charge < -0.3 is 5.73 Å². The van der Waals surface area contributed by atoms with E-state index in [1.165, 1.54) is 0 Å². The molecule has 0 atom stereocenters. The Morgan fingerprint density at radius 3 is 2.24 bits per heavy atom. The SMILES string of the molecule is Nc1ccc(-c2ccc3cccc4c3c2C(=O)C4=O)cc1. The molecule has 3 nitrogen and oxygen atoms in total. The summed E-state index contributed by atoms with van der Waals surface area (Å²) in [6, 6.07) is 16.6. The molecule has 0 aliphatic heterocycles. The van der Waals surface area contributed by atoms with Crippen LogP contribution in [0.25, 0.3) is 21.9 Å². The summed E-state index contributed by atoms with van der Waals surface area (Å²) in [4.78, 5) is 24.5. The van der Waals surface area contributed by atoms with E-state index >= 15 is 0 Å². The van der Waals surface area contributed by atoms with E-state index in [2.05, 4.69) is 0 Å². The topological polar surface area (TPSA) is 60.2 Å². The van der Waals surface area contributed by atoms with E-state index < -0.39 is 11.6 Å². The number of nitrogens with two attached hydrogens (primary N) is 1. The molecular weight excluding hydrogens is 262 g/mol. The van der Waals surface area contributed by atoms with E-state index in [-0.39, 0.29) is 0 Å². The summed E-state index contributed by atoms with van der Waals surface area (Å²) in [7, 11) is 0. The van der Waals surface area contributed by atoms with Gasteiger partial charge in [-0.1, -0.05) is 42.5 Å². The van der Waals surface area contributed by atoms with Gasteiger partial charge in [-0.25, -0.2) is 0 Å². The van der Waals surface area contributed by atoms with Crippen LogP contribution in [-0.2, 0) is 0 Å². The Morgan fingerprint density at radius 2 is 1.48 bits per heavy atom. The van der Waals surface area contributed by atoms with Gasteiger partial charge in [0.2, 0.25) is 11.6 Å². The first kappa shape index (κ1) is 11.9. The highest BCUT2D eigenvalue weighted by Gasteiger charge is 2.32. The van der Waals surface area contributed by atoms with E-state index in [1.807, 2.05) is 30.3 Å². The van der Waals surface area contributed by atoms with E-state index in [1.54, 1.807) is 24.3 Å². The Bertz CT molecular complexity index is 924. The van der Waals surface area contributed by atoms with Gasteiger partial charge in [0, 0.05) is 22.2 Å². The van der Waals surface area contributed by atoms with Gasteiger partial charge in [0.15, 0.2) is 0 Å². The van der Waals surface area contributed by atoms with E-state index in [9.17, 15) is 9.59 Å². The lowest BCUT2D eigenvalue weighted by atomic mass is 9.95. The van der Waals surface area contributed by atoms with Crippen LogP contribution in [0.2, 0.25) is 0 Å². The van der Waals surface area contributed by atoms with Crippen LogP contribution < -0.4 is 5.73 Å². The summed E-state index contributed by atoms with van der Waals surface area (Å²) >= 11 is 0. The number of ketones is 2. The molecule has 3 aromatic carbocycles. The molecule has 100 valence electrons. The fourth-order valence-corrected chi connectivity index (χ4v) is 2.94. The number of Topliss-reactive ketones (excluding diaryl/α,β-unsaturated/α-hetero) is 2. The number of hydrogen-bond acceptors (Lipinski definition) is 3. The lowest BCUT2D eigenvalue weighted by molar-refractivity contribution is 0.0825. The molecule has 3 aromatic rings. The first-order valence-electron chi connectivity index (χ1n) is 6.67. The van der Waals surface area contributed by atoms with Gasteiger partial charge in [0.1, 0.15) is 0 Å². The number of carbonyl (C=O) groups is 2. The first-order chi connectivity index (χ1) is 10.2. The van der Waals surface area contributed by atoms with Crippen molar-refractivity contribution < 1.29 is 9.59 Å². The van der Waals surface area contributed by atoms with E-state index in [4.69, 9.17) is 5.73 Å². The second kappa shape index (κ2) is 4.03. The van der Waals surface area contributed by atoms with Crippen molar-refractivity contribution >= 4 is 28.0 Å². The average Bonchev–Trinajstić information content (AvgIpc) is 2.76. The first-order valence-corrected chi connectivity index (χ1v) is 6.67. The Morgan fingerprint density at radius 1 is 0.714 bits per heavy atom. The molecule has 0 radical (unpaired) electrons. The lowest BCUT2D eigenvalue weighted by Crippen LogP contribution is -2.07. The van der Waals surface area contributed by atoms with Gasteiger partial charge in [-0.3, -0.25) is 9.59 Å². The summed E-state index contributed by atoms with van der Waals surface area (Å²) < 4.78 is 0. The van der Waals surface area contributed by atoms with Gasteiger partial charge in [-0.05, 0) is 28.6 Å². The number of anilines is 1. The normalized spacial score (nSPS) is 13.1. The Hall–Kier alpha value is -2.94. The van der Waals surface area contributed by atoms with Crippen LogP contribution in [0.1, 0.15) is 20.7 Å². The quantitative estimate of drug-likeness (QED) is 0.545.